The van der Waals surface area contributed by atoms with Crippen LogP contribution >= 0.6 is 34.8 Å². The van der Waals surface area contributed by atoms with Gasteiger partial charge in [-0.1, -0.05) is 11.3 Å². The first-order chi connectivity index (χ1) is 13.7. The van der Waals surface area contributed by atoms with Gasteiger partial charge in [-0.2, -0.15) is 4.57 Å². The lowest BCUT2D eigenvalue weighted by molar-refractivity contribution is -0.689. The van der Waals surface area contributed by atoms with Gasteiger partial charge >= 0.3 is 0 Å². The number of phosphoric ester groups is 1. The van der Waals surface area contributed by atoms with E-state index in [0.717, 1.165) is 5.69 Å². The normalized spacial score (nSPS) is 16.2. The highest BCUT2D eigenvalue weighted by Gasteiger charge is 2.23. The van der Waals surface area contributed by atoms with Crippen LogP contribution in [-0.4, -0.2) is 16.6 Å². The van der Waals surface area contributed by atoms with Crippen LogP contribution in [0.4, 0.5) is 5.82 Å². The van der Waals surface area contributed by atoms with Crippen LogP contribution in [0.15, 0.2) is 11.7 Å². The molecule has 18 heteroatoms. The van der Waals surface area contributed by atoms with E-state index in [0.29, 0.717) is 28.6 Å². The number of aryl methyl sites for hydroxylation is 1. The Morgan fingerprint density at radius 3 is 2.40 bits per heavy atom. The van der Waals surface area contributed by atoms with E-state index in [4.69, 9.17) is 5.73 Å². The zero-order chi connectivity index (χ0) is 22.7. The molecule has 0 saturated carbocycles. The first-order valence-corrected chi connectivity index (χ1v) is 13.2. The highest BCUT2D eigenvalue weighted by molar-refractivity contribution is 7.64. The van der Waals surface area contributed by atoms with Crippen LogP contribution in [0.5, 0.6) is 0 Å². The fourth-order valence-corrected chi connectivity index (χ4v) is 6.03. The topological polar surface area (TPSA) is 227 Å². The van der Waals surface area contributed by atoms with E-state index in [9.17, 15) is 33.3 Å². The van der Waals surface area contributed by atoms with Gasteiger partial charge in [-0.25, -0.2) is 14.3 Å². The molecule has 30 heavy (non-hydrogen) atoms. The molecule has 2 rings (SSSR count). The van der Waals surface area contributed by atoms with Gasteiger partial charge in [0.05, 0.1) is 24.9 Å². The highest BCUT2D eigenvalue weighted by Crippen LogP contribution is 2.60. The number of phosphoric acid groups is 3. The van der Waals surface area contributed by atoms with Gasteiger partial charge in [0.2, 0.25) is 5.51 Å². The quantitative estimate of drug-likeness (QED) is 0.287. The molecule has 2 aromatic rings. The minimum atomic E-state index is -6.02. The number of hydrogen-bond donors (Lipinski definition) is 1. The van der Waals surface area contributed by atoms with Gasteiger partial charge in [0.15, 0.2) is 12.2 Å². The number of anilines is 1. The zero-order valence-corrected chi connectivity index (χ0v) is 19.0. The first-order valence-electron chi connectivity index (χ1n) is 7.93. The van der Waals surface area contributed by atoms with E-state index in [1.54, 1.807) is 25.6 Å². The highest BCUT2D eigenvalue weighted by atomic mass is 32.1. The molecule has 0 aromatic carbocycles. The molecular weight excluding hydrogens is 485 g/mol. The minimum absolute atomic E-state index is 0.0601. The lowest BCUT2D eigenvalue weighted by Gasteiger charge is -2.37. The molecule has 0 aliphatic rings. The SMILES string of the molecule is Cc1ncc(C[n+]2csc(CCOP(=O)([O-])OP(=O)([O-])OP(=O)([O-])[O-])c2C)c(N)n1. The Morgan fingerprint density at radius 2 is 1.80 bits per heavy atom. The fraction of sp³-hybridized carbons (Fsp3) is 0.417. The maximum atomic E-state index is 11.5. The van der Waals surface area contributed by atoms with Crippen molar-refractivity contribution in [1.29, 1.82) is 0 Å². The zero-order valence-electron chi connectivity index (χ0n) is 15.5. The van der Waals surface area contributed by atoms with Crippen molar-refractivity contribution in [3.05, 3.63) is 33.7 Å². The molecular formula is C12H16N4O10P3S-3. The summed E-state index contributed by atoms with van der Waals surface area (Å²) in [6.45, 7) is 3.34. The van der Waals surface area contributed by atoms with Crippen LogP contribution < -0.4 is 29.9 Å². The molecule has 0 bridgehead atoms. The van der Waals surface area contributed by atoms with Crippen molar-refractivity contribution in [1.82, 2.24) is 9.97 Å². The second-order valence-corrected chi connectivity index (χ2v) is 11.0. The molecule has 0 fully saturated rings. The maximum Gasteiger partial charge on any atom is 0.278 e. The summed E-state index contributed by atoms with van der Waals surface area (Å²) in [5.74, 6) is 0.867. The first kappa shape index (κ1) is 25.2. The Kier molecular flexibility index (Phi) is 8.05. The van der Waals surface area contributed by atoms with Crippen molar-refractivity contribution < 1.29 is 51.0 Å². The number of thiazole rings is 1. The summed E-state index contributed by atoms with van der Waals surface area (Å²) in [7, 11) is -17.5. The van der Waals surface area contributed by atoms with E-state index < -0.39 is 30.1 Å². The average molecular weight is 501 g/mol. The Balaban J connectivity index is 1.96. The largest absolute Gasteiger partial charge is 0.790 e. The van der Waals surface area contributed by atoms with Gasteiger partial charge < -0.3 is 34.4 Å². The molecule has 0 amide bonds. The maximum absolute atomic E-state index is 11.5. The Bertz CT molecular complexity index is 1060. The Labute approximate surface area is 174 Å². The predicted octanol–water partition coefficient (Wildman–Crippen LogP) is -1.57. The third-order valence-corrected chi connectivity index (χ3v) is 8.34. The summed E-state index contributed by atoms with van der Waals surface area (Å²) < 4.78 is 45.7. The summed E-state index contributed by atoms with van der Waals surface area (Å²) in [5.41, 5.74) is 9.08. The van der Waals surface area contributed by atoms with Gasteiger partial charge in [-0.3, -0.25) is 13.4 Å². The molecule has 0 radical (unpaired) electrons. The third-order valence-electron chi connectivity index (χ3n) is 3.49. The van der Waals surface area contributed by atoms with Gasteiger partial charge in [-0.05, 0) is 6.92 Å². The number of hydrogen-bond acceptors (Lipinski definition) is 14. The van der Waals surface area contributed by atoms with E-state index in [1.807, 2.05) is 4.57 Å². The molecule has 2 aromatic heterocycles. The second kappa shape index (κ2) is 9.60. The van der Waals surface area contributed by atoms with Crippen LogP contribution in [0, 0.1) is 13.8 Å². The summed E-state index contributed by atoms with van der Waals surface area (Å²) in [4.78, 5) is 52.1. The number of aromatic nitrogens is 3. The monoisotopic (exact) mass is 501 g/mol. The van der Waals surface area contributed by atoms with Crippen LogP contribution in [0.3, 0.4) is 0 Å². The van der Waals surface area contributed by atoms with E-state index in [-0.39, 0.29) is 6.42 Å². The smallest absolute Gasteiger partial charge is 0.278 e. The molecule has 14 nitrogen and oxygen atoms in total. The van der Waals surface area contributed by atoms with Crippen molar-refractivity contribution in [2.75, 3.05) is 12.3 Å². The number of nitrogens with zero attached hydrogens (tertiary/aromatic N) is 3. The van der Waals surface area contributed by atoms with Gasteiger partial charge in [0, 0.05) is 19.5 Å². The average Bonchev–Trinajstić information content (AvgIpc) is 2.87. The molecule has 2 heterocycles. The van der Waals surface area contributed by atoms with Crippen molar-refractivity contribution >= 4 is 40.6 Å². The molecule has 0 aliphatic carbocycles. The molecule has 168 valence electrons. The van der Waals surface area contributed by atoms with Crippen LogP contribution in [0.1, 0.15) is 22.0 Å². The number of nitrogens with two attached hydrogens (primary N) is 1. The molecule has 2 N–H and O–H groups in total. The van der Waals surface area contributed by atoms with Crippen molar-refractivity contribution in [3.63, 3.8) is 0 Å². The minimum Gasteiger partial charge on any atom is -0.790 e. The summed E-state index contributed by atoms with van der Waals surface area (Å²) >= 11 is 1.28. The second-order valence-electron chi connectivity index (χ2n) is 5.78. The summed E-state index contributed by atoms with van der Waals surface area (Å²) in [5, 5.41) is 0. The van der Waals surface area contributed by atoms with Gasteiger partial charge in [0.1, 0.15) is 11.6 Å². The van der Waals surface area contributed by atoms with Crippen LogP contribution in [0.2, 0.25) is 0 Å². The summed E-state index contributed by atoms with van der Waals surface area (Å²) in [6, 6.07) is 0. The van der Waals surface area contributed by atoms with Crippen molar-refractivity contribution in [3.8, 4) is 0 Å². The lowest BCUT2D eigenvalue weighted by atomic mass is 10.2. The van der Waals surface area contributed by atoms with Crippen molar-refractivity contribution in [2.45, 2.75) is 26.8 Å². The standard InChI is InChI=1S/C12H19N4O10P3S/c1-8-11(30-7-16(8)6-10-5-14-9(2)15-12(10)13)3-4-24-28(20,21)26-29(22,23)25-27(17,18)19/h5,7H,3-4,6H2,1-2H3,(H5-,13,14,15,17,18,19,20,21,22,23)/p-3. The van der Waals surface area contributed by atoms with E-state index in [1.165, 1.54) is 11.3 Å². The number of rotatable bonds is 10. The van der Waals surface area contributed by atoms with Crippen LogP contribution in [-0.2, 0) is 39.8 Å². The third kappa shape index (κ3) is 7.88. The molecule has 0 saturated heterocycles. The van der Waals surface area contributed by atoms with Crippen molar-refractivity contribution in [2.24, 2.45) is 0 Å². The number of nitrogen functional groups attached to an aromatic ring is 1. The van der Waals surface area contributed by atoms with E-state index >= 15 is 0 Å². The lowest BCUT2D eigenvalue weighted by Crippen LogP contribution is -2.35. The van der Waals surface area contributed by atoms with E-state index in [2.05, 4.69) is 23.1 Å². The van der Waals surface area contributed by atoms with Gasteiger partial charge in [0.25, 0.3) is 15.6 Å². The summed E-state index contributed by atoms with van der Waals surface area (Å²) in [6.07, 6.45) is 1.66. The Morgan fingerprint density at radius 1 is 1.13 bits per heavy atom. The predicted molar refractivity (Wildman–Crippen MR) is 94.2 cm³/mol. The van der Waals surface area contributed by atoms with Gasteiger partial charge in [-0.15, -0.1) is 0 Å². The molecule has 0 spiro atoms. The molecule has 2 atom stereocenters. The Hall–Kier alpha value is -1.08. The molecule has 2 unspecified atom stereocenters. The molecule has 0 aliphatic heterocycles. The van der Waals surface area contributed by atoms with Crippen LogP contribution in [0.25, 0.3) is 0 Å². The fourth-order valence-electron chi connectivity index (χ4n) is 2.20.